The lowest BCUT2D eigenvalue weighted by Crippen LogP contribution is -2.09. The number of ether oxygens (including phenoxy) is 1. The summed E-state index contributed by atoms with van der Waals surface area (Å²) in [5.74, 6) is 0.439. The van der Waals surface area contributed by atoms with Crippen LogP contribution in [-0.2, 0) is 9.53 Å². The number of esters is 1. The number of unbranched alkanes of at least 4 members (excludes halogenated alkanes) is 12. The average molecular weight is 367 g/mol. The van der Waals surface area contributed by atoms with Gasteiger partial charge in [-0.25, -0.2) is 4.79 Å². The van der Waals surface area contributed by atoms with Crippen LogP contribution < -0.4 is 0 Å². The monoisotopic (exact) mass is 366 g/mol. The second-order valence-corrected chi connectivity index (χ2v) is 7.85. The highest BCUT2D eigenvalue weighted by molar-refractivity contribution is 5.81. The van der Waals surface area contributed by atoms with E-state index in [0.29, 0.717) is 6.61 Å². The van der Waals surface area contributed by atoms with Gasteiger partial charge in [0.2, 0.25) is 0 Å². The molecule has 0 spiro atoms. The summed E-state index contributed by atoms with van der Waals surface area (Å²) in [5.41, 5.74) is 0. The van der Waals surface area contributed by atoms with Crippen LogP contribution in [0.25, 0.3) is 0 Å². The summed E-state index contributed by atoms with van der Waals surface area (Å²) in [6.45, 7) is 8.57. The molecule has 154 valence electrons. The first-order valence-corrected chi connectivity index (χ1v) is 11.5. The lowest BCUT2D eigenvalue weighted by molar-refractivity contribution is -0.138. The number of carbonyl (C=O) groups excluding carboxylic acids is 1. The molecule has 0 aromatic rings. The van der Waals surface area contributed by atoms with E-state index in [2.05, 4.69) is 20.4 Å². The highest BCUT2D eigenvalue weighted by Gasteiger charge is 2.10. The zero-order chi connectivity index (χ0) is 19.3. The summed E-state index contributed by atoms with van der Waals surface area (Å²) in [7, 11) is 0. The van der Waals surface area contributed by atoms with Crippen molar-refractivity contribution in [3.05, 3.63) is 12.7 Å². The molecule has 0 amide bonds. The van der Waals surface area contributed by atoms with Crippen LogP contribution in [0.1, 0.15) is 123 Å². The van der Waals surface area contributed by atoms with Gasteiger partial charge in [0.25, 0.3) is 0 Å². The van der Waals surface area contributed by atoms with Crippen molar-refractivity contribution >= 4 is 5.97 Å². The first-order chi connectivity index (χ1) is 12.7. The first kappa shape index (κ1) is 25.2. The van der Waals surface area contributed by atoms with Crippen LogP contribution in [0, 0.1) is 5.92 Å². The van der Waals surface area contributed by atoms with Crippen molar-refractivity contribution in [2.45, 2.75) is 123 Å². The summed E-state index contributed by atoms with van der Waals surface area (Å²) in [4.78, 5) is 11.2. The quantitative estimate of drug-likeness (QED) is 0.124. The molecule has 0 aliphatic rings. The maximum atomic E-state index is 11.2. The number of hydrogen-bond donors (Lipinski definition) is 0. The Hall–Kier alpha value is -0.790. The second kappa shape index (κ2) is 20.5. The van der Waals surface area contributed by atoms with Gasteiger partial charge in [-0.1, -0.05) is 123 Å². The van der Waals surface area contributed by atoms with E-state index in [4.69, 9.17) is 4.74 Å². The molecule has 0 aliphatic heterocycles. The van der Waals surface area contributed by atoms with Crippen LogP contribution in [-0.4, -0.2) is 12.6 Å². The predicted molar refractivity (Wildman–Crippen MR) is 114 cm³/mol. The van der Waals surface area contributed by atoms with E-state index < -0.39 is 0 Å². The Bertz CT molecular complexity index is 293. The normalized spacial score (nSPS) is 11.0. The average Bonchev–Trinajstić information content (AvgIpc) is 2.65. The minimum absolute atomic E-state index is 0.282. The SMILES string of the molecule is C=CC(=O)OCCC(CCCCCCCCC)CCCCCCCCC. The Morgan fingerprint density at radius 1 is 0.731 bits per heavy atom. The molecule has 26 heavy (non-hydrogen) atoms. The molecule has 0 aliphatic carbocycles. The third-order valence-corrected chi connectivity index (χ3v) is 5.37. The van der Waals surface area contributed by atoms with Crippen molar-refractivity contribution in [1.29, 1.82) is 0 Å². The Balaban J connectivity index is 3.85. The van der Waals surface area contributed by atoms with Gasteiger partial charge in [-0.2, -0.15) is 0 Å². The van der Waals surface area contributed by atoms with Crippen LogP contribution >= 0.6 is 0 Å². The van der Waals surface area contributed by atoms with Crippen molar-refractivity contribution in [3.63, 3.8) is 0 Å². The molecule has 0 saturated heterocycles. The van der Waals surface area contributed by atoms with Gasteiger partial charge in [0.05, 0.1) is 6.61 Å². The van der Waals surface area contributed by atoms with Crippen LogP contribution in [0.2, 0.25) is 0 Å². The largest absolute Gasteiger partial charge is 0.463 e. The Morgan fingerprint density at radius 3 is 1.58 bits per heavy atom. The lowest BCUT2D eigenvalue weighted by Gasteiger charge is -2.17. The Morgan fingerprint density at radius 2 is 1.15 bits per heavy atom. The van der Waals surface area contributed by atoms with Crippen molar-refractivity contribution in [2.24, 2.45) is 5.92 Å². The van der Waals surface area contributed by atoms with Crippen LogP contribution in [0.3, 0.4) is 0 Å². The molecule has 2 nitrogen and oxygen atoms in total. The molecule has 0 bridgehead atoms. The molecule has 0 unspecified atom stereocenters. The fourth-order valence-electron chi connectivity index (χ4n) is 3.60. The molecular weight excluding hydrogens is 320 g/mol. The highest BCUT2D eigenvalue weighted by atomic mass is 16.5. The standard InChI is InChI=1S/C24H46O2/c1-4-7-9-11-13-15-17-19-23(21-22-26-24(25)6-3)20-18-16-14-12-10-8-5-2/h6,23H,3-5,7-22H2,1-2H3. The smallest absolute Gasteiger partial charge is 0.330 e. The van der Waals surface area contributed by atoms with E-state index in [9.17, 15) is 4.79 Å². The van der Waals surface area contributed by atoms with E-state index in [1.807, 2.05) is 0 Å². The second-order valence-electron chi connectivity index (χ2n) is 7.85. The third-order valence-electron chi connectivity index (χ3n) is 5.37. The number of hydrogen-bond acceptors (Lipinski definition) is 2. The van der Waals surface area contributed by atoms with Gasteiger partial charge in [0.15, 0.2) is 0 Å². The molecule has 0 N–H and O–H groups in total. The first-order valence-electron chi connectivity index (χ1n) is 11.5. The van der Waals surface area contributed by atoms with Gasteiger partial charge < -0.3 is 4.74 Å². The van der Waals surface area contributed by atoms with E-state index in [1.165, 1.54) is 109 Å². The molecular formula is C24H46O2. The van der Waals surface area contributed by atoms with Gasteiger partial charge >= 0.3 is 5.97 Å². The minimum Gasteiger partial charge on any atom is -0.463 e. The van der Waals surface area contributed by atoms with E-state index in [-0.39, 0.29) is 5.97 Å². The highest BCUT2D eigenvalue weighted by Crippen LogP contribution is 2.22. The van der Waals surface area contributed by atoms with Gasteiger partial charge in [-0.05, 0) is 12.3 Å². The predicted octanol–water partition coefficient (Wildman–Crippen LogP) is 8.00. The Labute approximate surface area is 164 Å². The van der Waals surface area contributed by atoms with E-state index in [0.717, 1.165) is 12.3 Å². The topological polar surface area (TPSA) is 26.3 Å². The lowest BCUT2D eigenvalue weighted by atomic mass is 9.91. The molecule has 0 radical (unpaired) electrons. The molecule has 0 fully saturated rings. The summed E-state index contributed by atoms with van der Waals surface area (Å²) in [6, 6.07) is 0. The van der Waals surface area contributed by atoms with Gasteiger partial charge in [0, 0.05) is 6.08 Å². The Kier molecular flexibility index (Phi) is 19.9. The maximum Gasteiger partial charge on any atom is 0.330 e. The minimum atomic E-state index is -0.282. The zero-order valence-electron chi connectivity index (χ0n) is 17.9. The van der Waals surface area contributed by atoms with E-state index in [1.54, 1.807) is 0 Å². The van der Waals surface area contributed by atoms with Crippen LogP contribution in [0.5, 0.6) is 0 Å². The van der Waals surface area contributed by atoms with E-state index >= 15 is 0 Å². The van der Waals surface area contributed by atoms with Gasteiger partial charge in [-0.3, -0.25) is 0 Å². The van der Waals surface area contributed by atoms with Crippen LogP contribution in [0.15, 0.2) is 12.7 Å². The molecule has 2 heteroatoms. The maximum absolute atomic E-state index is 11.2. The zero-order valence-corrected chi connectivity index (χ0v) is 17.9. The summed E-state index contributed by atoms with van der Waals surface area (Å²) in [5, 5.41) is 0. The van der Waals surface area contributed by atoms with Crippen LogP contribution in [0.4, 0.5) is 0 Å². The van der Waals surface area contributed by atoms with Crippen molar-refractivity contribution in [3.8, 4) is 0 Å². The summed E-state index contributed by atoms with van der Waals surface area (Å²) >= 11 is 0. The molecule has 0 atom stereocenters. The van der Waals surface area contributed by atoms with Gasteiger partial charge in [-0.15, -0.1) is 0 Å². The molecule has 0 aromatic carbocycles. The fraction of sp³-hybridized carbons (Fsp3) is 0.875. The molecule has 0 saturated carbocycles. The molecule has 0 aromatic heterocycles. The third kappa shape index (κ3) is 18.0. The van der Waals surface area contributed by atoms with Crippen molar-refractivity contribution < 1.29 is 9.53 Å². The summed E-state index contributed by atoms with van der Waals surface area (Å²) in [6.07, 6.45) is 24.1. The number of carbonyl (C=O) groups is 1. The van der Waals surface area contributed by atoms with Gasteiger partial charge in [0.1, 0.15) is 0 Å². The molecule has 0 rings (SSSR count). The molecule has 0 heterocycles. The van der Waals surface area contributed by atoms with Crippen molar-refractivity contribution in [1.82, 2.24) is 0 Å². The number of rotatable bonds is 20. The fourth-order valence-corrected chi connectivity index (χ4v) is 3.60. The summed E-state index contributed by atoms with van der Waals surface area (Å²) < 4.78 is 5.21. The van der Waals surface area contributed by atoms with Crippen molar-refractivity contribution in [2.75, 3.05) is 6.61 Å².